The van der Waals surface area contributed by atoms with Crippen molar-refractivity contribution in [1.29, 1.82) is 0 Å². The zero-order valence-electron chi connectivity index (χ0n) is 37.3. The number of fused-ring (bicyclic) bond motifs is 3. The fourth-order valence-electron chi connectivity index (χ4n) is 18.6. The standard InChI is InChI=1S/C53H92N2/c1-37-13-9-17-45(33-37)54(46-18-10-14-38(2)34-46)43-29-25-41(26-30-43)53(51-23-7-5-21-49(51)50-22-6-8-24-52(50)53)42-27-31-44(32-28-42)55(47-19-11-15-39(3)35-47)48-20-12-16-40(4)36-48/h37-52H,5-36H2,1-4H3. The van der Waals surface area contributed by atoms with Gasteiger partial charge in [-0.3, -0.25) is 9.80 Å². The number of rotatable bonds is 8. The summed E-state index contributed by atoms with van der Waals surface area (Å²) >= 11 is 0. The molecule has 9 aliphatic rings. The highest BCUT2D eigenvalue weighted by Gasteiger charge is 2.65. The Morgan fingerprint density at radius 1 is 0.291 bits per heavy atom. The first-order valence-corrected chi connectivity index (χ1v) is 26.4. The SMILES string of the molecule is CC1CCCC(N(C2CCC(C3(C4CCC(N(C5CCCC(C)C5)C5CCCC(C)C5)CC4)C4CCCCC4C4CCCCC43)CC2)C2CCCC(C)C2)C1. The van der Waals surface area contributed by atoms with Crippen LogP contribution in [-0.4, -0.2) is 46.1 Å². The van der Waals surface area contributed by atoms with Crippen LogP contribution in [0.4, 0.5) is 0 Å². The predicted octanol–water partition coefficient (Wildman–Crippen LogP) is 14.6. The van der Waals surface area contributed by atoms with E-state index in [1.807, 2.05) is 0 Å². The highest BCUT2D eigenvalue weighted by molar-refractivity contribution is 5.14. The monoisotopic (exact) mass is 757 g/mol. The summed E-state index contributed by atoms with van der Waals surface area (Å²) in [6.45, 7) is 10.4. The first-order chi connectivity index (χ1) is 26.9. The van der Waals surface area contributed by atoms with Gasteiger partial charge in [-0.2, -0.15) is 0 Å². The molecule has 9 fully saturated rings. The van der Waals surface area contributed by atoms with Gasteiger partial charge in [-0.1, -0.05) is 105 Å². The average Bonchev–Trinajstić information content (AvgIpc) is 3.50. The lowest BCUT2D eigenvalue weighted by Gasteiger charge is -2.59. The van der Waals surface area contributed by atoms with Crippen molar-refractivity contribution in [1.82, 2.24) is 9.80 Å². The molecular weight excluding hydrogens is 665 g/mol. The van der Waals surface area contributed by atoms with E-state index in [2.05, 4.69) is 37.5 Å². The summed E-state index contributed by atoms with van der Waals surface area (Å²) in [5, 5.41) is 0. The van der Waals surface area contributed by atoms with Crippen LogP contribution in [0.15, 0.2) is 0 Å². The molecule has 0 aromatic heterocycles. The topological polar surface area (TPSA) is 6.48 Å². The van der Waals surface area contributed by atoms with Crippen LogP contribution in [0.1, 0.15) is 233 Å². The first kappa shape index (κ1) is 40.3. The molecule has 9 aliphatic carbocycles. The number of hydrogen-bond acceptors (Lipinski definition) is 2. The van der Waals surface area contributed by atoms with Crippen molar-refractivity contribution in [3.8, 4) is 0 Å². The second kappa shape index (κ2) is 17.9. The molecule has 55 heavy (non-hydrogen) atoms. The van der Waals surface area contributed by atoms with Crippen LogP contribution >= 0.6 is 0 Å². The largest absolute Gasteiger partial charge is 0.294 e. The molecule has 0 radical (unpaired) electrons. The van der Waals surface area contributed by atoms with Crippen LogP contribution in [-0.2, 0) is 0 Å². The summed E-state index contributed by atoms with van der Waals surface area (Å²) in [5.74, 6) is 10.2. The zero-order chi connectivity index (χ0) is 37.5. The quantitative estimate of drug-likeness (QED) is 0.243. The molecule has 0 aliphatic heterocycles. The Balaban J connectivity index is 0.979. The third-order valence-electron chi connectivity index (χ3n) is 20.4. The van der Waals surface area contributed by atoms with Crippen molar-refractivity contribution in [3.05, 3.63) is 0 Å². The van der Waals surface area contributed by atoms with Crippen LogP contribution in [0.25, 0.3) is 0 Å². The molecule has 0 amide bonds. The molecule has 2 heteroatoms. The molecule has 0 aromatic rings. The van der Waals surface area contributed by atoms with Gasteiger partial charge < -0.3 is 0 Å². The van der Waals surface area contributed by atoms with E-state index in [-0.39, 0.29) is 0 Å². The molecule has 314 valence electrons. The highest BCUT2D eigenvalue weighted by atomic mass is 15.2. The van der Waals surface area contributed by atoms with Gasteiger partial charge in [-0.05, 0) is 193 Å². The van der Waals surface area contributed by atoms with E-state index in [0.29, 0.717) is 5.41 Å². The van der Waals surface area contributed by atoms with Crippen molar-refractivity contribution < 1.29 is 0 Å². The van der Waals surface area contributed by atoms with Crippen molar-refractivity contribution >= 4 is 0 Å². The summed E-state index contributed by atoms with van der Waals surface area (Å²) < 4.78 is 0. The maximum atomic E-state index is 3.31. The Bertz CT molecular complexity index is 1060. The number of hydrogen-bond donors (Lipinski definition) is 0. The van der Waals surface area contributed by atoms with E-state index in [1.54, 1.807) is 103 Å². The lowest BCUT2D eigenvalue weighted by Crippen LogP contribution is -2.56. The fourth-order valence-corrected chi connectivity index (χ4v) is 18.6. The average molecular weight is 757 g/mol. The summed E-state index contributed by atoms with van der Waals surface area (Å²) in [7, 11) is 0. The number of nitrogens with zero attached hydrogens (tertiary/aromatic N) is 2. The molecule has 12 atom stereocenters. The molecule has 2 nitrogen and oxygen atoms in total. The van der Waals surface area contributed by atoms with Crippen molar-refractivity contribution in [2.24, 2.45) is 64.6 Å². The predicted molar refractivity (Wildman–Crippen MR) is 234 cm³/mol. The lowest BCUT2D eigenvalue weighted by atomic mass is 9.48. The van der Waals surface area contributed by atoms with Crippen molar-refractivity contribution in [2.45, 2.75) is 269 Å². The van der Waals surface area contributed by atoms with E-state index >= 15 is 0 Å². The second-order valence-electron chi connectivity index (χ2n) is 23.7. The van der Waals surface area contributed by atoms with Gasteiger partial charge in [-0.15, -0.1) is 0 Å². The van der Waals surface area contributed by atoms with Crippen LogP contribution in [0, 0.1) is 64.6 Å². The van der Waals surface area contributed by atoms with Crippen LogP contribution < -0.4 is 0 Å². The molecular formula is C53H92N2. The van der Waals surface area contributed by atoms with E-state index < -0.39 is 0 Å². The van der Waals surface area contributed by atoms with Gasteiger partial charge in [0.1, 0.15) is 0 Å². The molecule has 0 N–H and O–H groups in total. The second-order valence-corrected chi connectivity index (χ2v) is 23.7. The first-order valence-electron chi connectivity index (χ1n) is 26.4. The minimum absolute atomic E-state index is 0.694. The Labute approximate surface area is 342 Å². The fraction of sp³-hybridized carbons (Fsp3) is 1.00. The van der Waals surface area contributed by atoms with E-state index in [1.165, 1.54) is 103 Å². The Kier molecular flexibility index (Phi) is 13.1. The minimum Gasteiger partial charge on any atom is -0.294 e. The van der Waals surface area contributed by atoms with Gasteiger partial charge in [0.05, 0.1) is 0 Å². The maximum Gasteiger partial charge on any atom is 0.0104 e. The summed E-state index contributed by atoms with van der Waals surface area (Å²) in [6.07, 6.45) is 49.3. The molecule has 0 spiro atoms. The minimum atomic E-state index is 0.694. The van der Waals surface area contributed by atoms with Crippen LogP contribution in [0.2, 0.25) is 0 Å². The Hall–Kier alpha value is -0.0800. The third-order valence-corrected chi connectivity index (χ3v) is 20.4. The van der Waals surface area contributed by atoms with Crippen LogP contribution in [0.3, 0.4) is 0 Å². The Morgan fingerprint density at radius 3 is 0.909 bits per heavy atom. The molecule has 0 aromatic carbocycles. The zero-order valence-corrected chi connectivity index (χ0v) is 37.3. The molecule has 12 unspecified atom stereocenters. The van der Waals surface area contributed by atoms with E-state index in [4.69, 9.17) is 0 Å². The third kappa shape index (κ3) is 8.10. The molecule has 9 rings (SSSR count). The van der Waals surface area contributed by atoms with Crippen molar-refractivity contribution in [2.75, 3.05) is 0 Å². The van der Waals surface area contributed by atoms with Gasteiger partial charge in [-0.25, -0.2) is 0 Å². The van der Waals surface area contributed by atoms with Gasteiger partial charge >= 0.3 is 0 Å². The van der Waals surface area contributed by atoms with Gasteiger partial charge in [0.25, 0.3) is 0 Å². The molecule has 0 bridgehead atoms. The summed E-state index contributed by atoms with van der Waals surface area (Å²) in [4.78, 5) is 6.63. The lowest BCUT2D eigenvalue weighted by molar-refractivity contribution is -0.0974. The van der Waals surface area contributed by atoms with E-state index in [9.17, 15) is 0 Å². The maximum absolute atomic E-state index is 3.31. The Morgan fingerprint density at radius 2 is 0.600 bits per heavy atom. The molecule has 9 saturated carbocycles. The smallest absolute Gasteiger partial charge is 0.0104 e. The summed E-state index contributed by atoms with van der Waals surface area (Å²) in [6, 6.07) is 5.36. The van der Waals surface area contributed by atoms with Gasteiger partial charge in [0.15, 0.2) is 0 Å². The molecule has 0 heterocycles. The van der Waals surface area contributed by atoms with Gasteiger partial charge in [0.2, 0.25) is 0 Å². The van der Waals surface area contributed by atoms with Crippen molar-refractivity contribution in [3.63, 3.8) is 0 Å². The molecule has 0 saturated heterocycles. The summed E-state index contributed by atoms with van der Waals surface area (Å²) in [5.41, 5.74) is 0.694. The van der Waals surface area contributed by atoms with Crippen LogP contribution in [0.5, 0.6) is 0 Å². The highest BCUT2D eigenvalue weighted by Crippen LogP contribution is 2.72. The normalized spacial score (nSPS) is 50.1. The van der Waals surface area contributed by atoms with E-state index in [0.717, 1.165) is 95.4 Å². The van der Waals surface area contributed by atoms with Gasteiger partial charge in [0, 0.05) is 36.3 Å².